The molecular formula is C23H31N3O3. The molecule has 0 spiro atoms. The first-order chi connectivity index (χ1) is 14.1. The van der Waals surface area contributed by atoms with Gasteiger partial charge in [-0.25, -0.2) is 0 Å². The molecule has 0 unspecified atom stereocenters. The zero-order valence-corrected chi connectivity index (χ0v) is 17.6. The molecule has 6 nitrogen and oxygen atoms in total. The van der Waals surface area contributed by atoms with Gasteiger partial charge < -0.3 is 19.7 Å². The van der Waals surface area contributed by atoms with Crippen LogP contribution in [0.15, 0.2) is 48.5 Å². The zero-order chi connectivity index (χ0) is 20.6. The Balaban J connectivity index is 1.70. The Kier molecular flexibility index (Phi) is 7.49. The summed E-state index contributed by atoms with van der Waals surface area (Å²) in [5.41, 5.74) is 2.99. The van der Waals surface area contributed by atoms with Gasteiger partial charge in [0.25, 0.3) is 5.91 Å². The quantitative estimate of drug-likeness (QED) is 0.742. The van der Waals surface area contributed by atoms with E-state index in [9.17, 15) is 4.79 Å². The van der Waals surface area contributed by atoms with E-state index in [1.54, 1.807) is 12.1 Å². The van der Waals surface area contributed by atoms with Gasteiger partial charge in [-0.15, -0.1) is 0 Å². The molecule has 1 aliphatic rings. The predicted octanol–water partition coefficient (Wildman–Crippen LogP) is 2.95. The van der Waals surface area contributed by atoms with Gasteiger partial charge in [-0.1, -0.05) is 12.1 Å². The SMILES string of the molecule is CCOc1ccc(C(=O)NC[C@@H](c2ccc(N(C)C)cc2)N2CCOCC2)cc1. The smallest absolute Gasteiger partial charge is 0.251 e. The Morgan fingerprint density at radius 1 is 1.10 bits per heavy atom. The van der Waals surface area contributed by atoms with Gasteiger partial charge in [0.2, 0.25) is 0 Å². The second-order valence-corrected chi connectivity index (χ2v) is 7.32. The summed E-state index contributed by atoms with van der Waals surface area (Å²) in [7, 11) is 4.07. The van der Waals surface area contributed by atoms with Crippen molar-refractivity contribution < 1.29 is 14.3 Å². The molecule has 0 bridgehead atoms. The van der Waals surface area contributed by atoms with Crippen molar-refractivity contribution in [3.8, 4) is 5.75 Å². The van der Waals surface area contributed by atoms with E-state index in [1.165, 1.54) is 5.56 Å². The van der Waals surface area contributed by atoms with Gasteiger partial charge in [-0.3, -0.25) is 9.69 Å². The Bertz CT molecular complexity index is 769. The molecule has 156 valence electrons. The minimum atomic E-state index is -0.0729. The maximum absolute atomic E-state index is 12.7. The fraction of sp³-hybridized carbons (Fsp3) is 0.435. The molecule has 0 saturated carbocycles. The van der Waals surface area contributed by atoms with Gasteiger partial charge >= 0.3 is 0 Å². The highest BCUT2D eigenvalue weighted by Gasteiger charge is 2.23. The average Bonchev–Trinajstić information content (AvgIpc) is 2.75. The summed E-state index contributed by atoms with van der Waals surface area (Å²) in [5, 5.41) is 3.11. The van der Waals surface area contributed by atoms with Crippen LogP contribution in [0.3, 0.4) is 0 Å². The number of ether oxygens (including phenoxy) is 2. The van der Waals surface area contributed by atoms with Crippen LogP contribution in [0.2, 0.25) is 0 Å². The maximum atomic E-state index is 12.7. The molecule has 29 heavy (non-hydrogen) atoms. The second kappa shape index (κ2) is 10.3. The third kappa shape index (κ3) is 5.71. The lowest BCUT2D eigenvalue weighted by Crippen LogP contribution is -2.43. The molecule has 0 aromatic heterocycles. The summed E-state index contributed by atoms with van der Waals surface area (Å²) in [5.74, 6) is 0.701. The summed E-state index contributed by atoms with van der Waals surface area (Å²) in [4.78, 5) is 17.1. The number of hydrogen-bond acceptors (Lipinski definition) is 5. The number of benzene rings is 2. The van der Waals surface area contributed by atoms with E-state index < -0.39 is 0 Å². The fourth-order valence-corrected chi connectivity index (χ4v) is 3.50. The number of morpholine rings is 1. The minimum absolute atomic E-state index is 0.0729. The van der Waals surface area contributed by atoms with Gasteiger partial charge in [-0.2, -0.15) is 0 Å². The first kappa shape index (κ1) is 21.1. The molecule has 1 atom stereocenters. The van der Waals surface area contributed by atoms with Gasteiger partial charge in [0.1, 0.15) is 5.75 Å². The largest absolute Gasteiger partial charge is 0.494 e. The molecule has 1 saturated heterocycles. The number of nitrogens with one attached hydrogen (secondary N) is 1. The molecule has 1 amide bonds. The van der Waals surface area contributed by atoms with Crippen LogP contribution in [0.25, 0.3) is 0 Å². The summed E-state index contributed by atoms with van der Waals surface area (Å²) >= 11 is 0. The lowest BCUT2D eigenvalue weighted by atomic mass is 10.0. The molecule has 1 fully saturated rings. The first-order valence-electron chi connectivity index (χ1n) is 10.2. The van der Waals surface area contributed by atoms with E-state index in [2.05, 4.69) is 39.4 Å². The van der Waals surface area contributed by atoms with Crippen molar-refractivity contribution in [2.24, 2.45) is 0 Å². The van der Waals surface area contributed by atoms with Crippen molar-refractivity contribution >= 4 is 11.6 Å². The monoisotopic (exact) mass is 397 g/mol. The third-order valence-corrected chi connectivity index (χ3v) is 5.16. The molecule has 3 rings (SSSR count). The Hall–Kier alpha value is -2.57. The predicted molar refractivity (Wildman–Crippen MR) is 116 cm³/mol. The summed E-state index contributed by atoms with van der Waals surface area (Å²) in [6.07, 6.45) is 0. The van der Waals surface area contributed by atoms with E-state index in [0.29, 0.717) is 18.7 Å². The number of hydrogen-bond donors (Lipinski definition) is 1. The van der Waals surface area contributed by atoms with Gasteiger partial charge in [0, 0.05) is 45.0 Å². The highest BCUT2D eigenvalue weighted by Crippen LogP contribution is 2.24. The van der Waals surface area contributed by atoms with Crippen LogP contribution in [0.4, 0.5) is 5.69 Å². The molecule has 1 aliphatic heterocycles. The van der Waals surface area contributed by atoms with Gasteiger partial charge in [-0.05, 0) is 48.9 Å². The number of anilines is 1. The number of nitrogens with zero attached hydrogens (tertiary/aromatic N) is 2. The van der Waals surface area contributed by atoms with Crippen LogP contribution >= 0.6 is 0 Å². The molecule has 2 aromatic rings. The number of amides is 1. The first-order valence-corrected chi connectivity index (χ1v) is 10.2. The van der Waals surface area contributed by atoms with E-state index in [-0.39, 0.29) is 11.9 Å². The molecule has 1 N–H and O–H groups in total. The molecular weight excluding hydrogens is 366 g/mol. The molecule has 2 aromatic carbocycles. The lowest BCUT2D eigenvalue weighted by Gasteiger charge is -2.35. The molecule has 0 radical (unpaired) electrons. The lowest BCUT2D eigenvalue weighted by molar-refractivity contribution is 0.0162. The highest BCUT2D eigenvalue weighted by atomic mass is 16.5. The molecule has 6 heteroatoms. The van der Waals surface area contributed by atoms with Crippen LogP contribution < -0.4 is 15.0 Å². The normalized spacial score (nSPS) is 15.6. The summed E-state index contributed by atoms with van der Waals surface area (Å²) < 4.78 is 11.0. The van der Waals surface area contributed by atoms with Crippen LogP contribution in [0, 0.1) is 0 Å². The van der Waals surface area contributed by atoms with Crippen molar-refractivity contribution in [1.29, 1.82) is 0 Å². The topological polar surface area (TPSA) is 54.0 Å². The number of carbonyl (C=O) groups is 1. The third-order valence-electron chi connectivity index (χ3n) is 5.16. The second-order valence-electron chi connectivity index (χ2n) is 7.32. The zero-order valence-electron chi connectivity index (χ0n) is 17.6. The van der Waals surface area contributed by atoms with Crippen molar-refractivity contribution in [3.63, 3.8) is 0 Å². The standard InChI is InChI=1S/C23H31N3O3/c1-4-29-21-11-7-19(8-12-21)23(27)24-17-22(26-13-15-28-16-14-26)18-5-9-20(10-6-18)25(2)3/h5-12,22H,4,13-17H2,1-3H3,(H,24,27)/t22-/m0/s1. The van der Waals surface area contributed by atoms with Crippen LogP contribution in [-0.4, -0.2) is 64.4 Å². The number of rotatable bonds is 8. The fourth-order valence-electron chi connectivity index (χ4n) is 3.50. The van der Waals surface area contributed by atoms with Gasteiger partial charge in [0.15, 0.2) is 0 Å². The Morgan fingerprint density at radius 3 is 2.34 bits per heavy atom. The maximum Gasteiger partial charge on any atom is 0.251 e. The van der Waals surface area contributed by atoms with E-state index in [0.717, 1.165) is 37.7 Å². The Morgan fingerprint density at radius 2 is 1.76 bits per heavy atom. The highest BCUT2D eigenvalue weighted by molar-refractivity contribution is 5.94. The number of carbonyl (C=O) groups excluding carboxylic acids is 1. The molecule has 1 heterocycles. The molecule has 0 aliphatic carbocycles. The van der Waals surface area contributed by atoms with Crippen molar-refractivity contribution in [3.05, 3.63) is 59.7 Å². The van der Waals surface area contributed by atoms with E-state index in [1.807, 2.05) is 33.2 Å². The average molecular weight is 398 g/mol. The van der Waals surface area contributed by atoms with E-state index >= 15 is 0 Å². The summed E-state index contributed by atoms with van der Waals surface area (Å²) in [6.45, 7) is 6.26. The van der Waals surface area contributed by atoms with Crippen molar-refractivity contribution in [2.75, 3.05) is 58.5 Å². The van der Waals surface area contributed by atoms with Gasteiger partial charge in [0.05, 0.1) is 25.9 Å². The Labute approximate surface area is 173 Å². The van der Waals surface area contributed by atoms with Crippen molar-refractivity contribution in [2.45, 2.75) is 13.0 Å². The minimum Gasteiger partial charge on any atom is -0.494 e. The van der Waals surface area contributed by atoms with Crippen LogP contribution in [-0.2, 0) is 4.74 Å². The van der Waals surface area contributed by atoms with Crippen molar-refractivity contribution in [1.82, 2.24) is 10.2 Å². The van der Waals surface area contributed by atoms with E-state index in [4.69, 9.17) is 9.47 Å². The van der Waals surface area contributed by atoms with Crippen LogP contribution in [0.5, 0.6) is 5.75 Å². The van der Waals surface area contributed by atoms with Crippen LogP contribution in [0.1, 0.15) is 28.9 Å². The summed E-state index contributed by atoms with van der Waals surface area (Å²) in [6, 6.07) is 15.9.